The summed E-state index contributed by atoms with van der Waals surface area (Å²) >= 11 is 5.98. The van der Waals surface area contributed by atoms with Crippen LogP contribution in [0, 0.1) is 5.92 Å². The summed E-state index contributed by atoms with van der Waals surface area (Å²) in [5, 5.41) is 3.87. The van der Waals surface area contributed by atoms with Crippen LogP contribution in [0.15, 0.2) is 29.3 Å². The van der Waals surface area contributed by atoms with Crippen molar-refractivity contribution < 1.29 is 9.53 Å². The molecule has 0 radical (unpaired) electrons. The van der Waals surface area contributed by atoms with Crippen LogP contribution in [0.2, 0.25) is 5.02 Å². The zero-order chi connectivity index (χ0) is 15.8. The number of ether oxygens (including phenoxy) is 1. The second-order valence-corrected chi connectivity index (χ2v) is 5.27. The van der Waals surface area contributed by atoms with E-state index in [4.69, 9.17) is 16.3 Å². The molecule has 1 rings (SSSR count). The molecule has 0 bridgehead atoms. The van der Waals surface area contributed by atoms with Crippen molar-refractivity contribution in [3.63, 3.8) is 0 Å². The topological polar surface area (TPSA) is 53.9 Å². The third-order valence-electron chi connectivity index (χ3n) is 3.05. The lowest BCUT2D eigenvalue weighted by atomic mass is 10.2. The Balaban J connectivity index is 2.58. The van der Waals surface area contributed by atoms with E-state index in [0.29, 0.717) is 24.1 Å². The van der Waals surface area contributed by atoms with Gasteiger partial charge in [-0.1, -0.05) is 30.7 Å². The maximum absolute atomic E-state index is 11.4. The lowest BCUT2D eigenvalue weighted by molar-refractivity contribution is -0.144. The Labute approximate surface area is 130 Å². The van der Waals surface area contributed by atoms with Crippen molar-refractivity contribution in [1.29, 1.82) is 0 Å². The molecule has 0 aliphatic heterocycles. The minimum atomic E-state index is -0.240. The average molecular weight is 312 g/mol. The van der Waals surface area contributed by atoms with Gasteiger partial charge in [-0.2, -0.15) is 0 Å². The second kappa shape index (κ2) is 8.52. The number of guanidine groups is 1. The van der Waals surface area contributed by atoms with Gasteiger partial charge in [0.2, 0.25) is 0 Å². The quantitative estimate of drug-likeness (QED) is 0.514. The second-order valence-electron chi connectivity index (χ2n) is 4.84. The molecule has 0 aliphatic carbocycles. The van der Waals surface area contributed by atoms with Gasteiger partial charge in [0, 0.05) is 32.2 Å². The molecule has 0 spiro atoms. The number of nitrogens with one attached hydrogen (secondary N) is 1. The number of methoxy groups -OCH3 is 1. The molecule has 0 aliphatic rings. The molecular formula is C15H22ClN3O2. The van der Waals surface area contributed by atoms with Crippen molar-refractivity contribution in [3.05, 3.63) is 34.9 Å². The highest BCUT2D eigenvalue weighted by molar-refractivity contribution is 6.30. The van der Waals surface area contributed by atoms with Gasteiger partial charge in [-0.15, -0.1) is 0 Å². The number of benzene rings is 1. The number of carbonyl (C=O) groups excluding carboxylic acids is 1. The van der Waals surface area contributed by atoms with Crippen LogP contribution in [0.3, 0.4) is 0 Å². The summed E-state index contributed by atoms with van der Waals surface area (Å²) in [6, 6.07) is 7.69. The molecule has 0 amide bonds. The van der Waals surface area contributed by atoms with Crippen LogP contribution in [0.5, 0.6) is 0 Å². The fourth-order valence-electron chi connectivity index (χ4n) is 1.90. The zero-order valence-corrected chi connectivity index (χ0v) is 13.6. The van der Waals surface area contributed by atoms with Crippen molar-refractivity contribution in [2.75, 3.05) is 27.7 Å². The molecule has 0 heterocycles. The predicted octanol–water partition coefficient (Wildman–Crippen LogP) is 2.16. The maximum Gasteiger partial charge on any atom is 0.310 e. The third kappa shape index (κ3) is 5.63. The van der Waals surface area contributed by atoms with Gasteiger partial charge in [-0.25, -0.2) is 0 Å². The first-order chi connectivity index (χ1) is 9.97. The minimum Gasteiger partial charge on any atom is -0.469 e. The predicted molar refractivity (Wildman–Crippen MR) is 85.5 cm³/mol. The van der Waals surface area contributed by atoms with Gasteiger partial charge >= 0.3 is 5.97 Å². The van der Waals surface area contributed by atoms with Crippen LogP contribution in [-0.4, -0.2) is 44.6 Å². The van der Waals surface area contributed by atoms with Crippen LogP contribution in [0.4, 0.5) is 0 Å². The first-order valence-electron chi connectivity index (χ1n) is 6.72. The number of hydrogen-bond donors (Lipinski definition) is 1. The van der Waals surface area contributed by atoms with Gasteiger partial charge in [0.05, 0.1) is 13.0 Å². The van der Waals surface area contributed by atoms with Crippen LogP contribution in [0.1, 0.15) is 12.5 Å². The molecule has 1 aromatic carbocycles. The van der Waals surface area contributed by atoms with E-state index in [1.807, 2.05) is 43.1 Å². The molecule has 1 aromatic rings. The Morgan fingerprint density at radius 2 is 2.24 bits per heavy atom. The summed E-state index contributed by atoms with van der Waals surface area (Å²) in [4.78, 5) is 17.6. The van der Waals surface area contributed by atoms with Crippen molar-refractivity contribution in [2.45, 2.75) is 13.5 Å². The summed E-state index contributed by atoms with van der Waals surface area (Å²) in [5.74, 6) is 0.243. The Kier molecular flexibility index (Phi) is 7.02. The lowest BCUT2D eigenvalue weighted by Crippen LogP contribution is -2.41. The fraction of sp³-hybridized carbons (Fsp3) is 0.467. The molecule has 1 atom stereocenters. The van der Waals surface area contributed by atoms with Gasteiger partial charge in [-0.3, -0.25) is 9.79 Å². The van der Waals surface area contributed by atoms with Gasteiger partial charge in [-0.05, 0) is 17.7 Å². The average Bonchev–Trinajstić information content (AvgIpc) is 2.46. The first-order valence-corrected chi connectivity index (χ1v) is 7.09. The smallest absolute Gasteiger partial charge is 0.310 e. The first kappa shape index (κ1) is 17.3. The SMILES string of the molecule is CN=C(NCC(C)C(=O)OC)N(C)Cc1cccc(Cl)c1. The van der Waals surface area contributed by atoms with E-state index < -0.39 is 0 Å². The largest absolute Gasteiger partial charge is 0.469 e. The minimum absolute atomic E-state index is 0.230. The molecule has 116 valence electrons. The van der Waals surface area contributed by atoms with Gasteiger partial charge in [0.25, 0.3) is 0 Å². The number of esters is 1. The molecule has 0 fully saturated rings. The van der Waals surface area contributed by atoms with E-state index in [0.717, 1.165) is 5.56 Å². The van der Waals surface area contributed by atoms with Crippen LogP contribution in [-0.2, 0) is 16.1 Å². The van der Waals surface area contributed by atoms with Crippen molar-refractivity contribution >= 4 is 23.5 Å². The van der Waals surface area contributed by atoms with E-state index >= 15 is 0 Å². The summed E-state index contributed by atoms with van der Waals surface area (Å²) < 4.78 is 4.70. The molecule has 0 saturated carbocycles. The standard InChI is InChI=1S/C15H22ClN3O2/c1-11(14(20)21-4)9-18-15(17-2)19(3)10-12-6-5-7-13(16)8-12/h5-8,11H,9-10H2,1-4H3,(H,17,18). The summed E-state index contributed by atoms with van der Waals surface area (Å²) in [7, 11) is 5.03. The molecule has 0 aromatic heterocycles. The number of aliphatic imine (C=N–C) groups is 1. The maximum atomic E-state index is 11.4. The molecule has 1 unspecified atom stereocenters. The number of carbonyl (C=O) groups is 1. The van der Waals surface area contributed by atoms with E-state index in [1.165, 1.54) is 7.11 Å². The Morgan fingerprint density at radius 3 is 2.81 bits per heavy atom. The summed E-state index contributed by atoms with van der Waals surface area (Å²) in [5.41, 5.74) is 1.09. The highest BCUT2D eigenvalue weighted by Crippen LogP contribution is 2.12. The molecule has 1 N–H and O–H groups in total. The number of hydrogen-bond acceptors (Lipinski definition) is 3. The van der Waals surface area contributed by atoms with E-state index in [9.17, 15) is 4.79 Å². The highest BCUT2D eigenvalue weighted by atomic mass is 35.5. The fourth-order valence-corrected chi connectivity index (χ4v) is 2.11. The Morgan fingerprint density at radius 1 is 1.52 bits per heavy atom. The van der Waals surface area contributed by atoms with E-state index in [-0.39, 0.29) is 11.9 Å². The molecule has 6 heteroatoms. The molecule has 0 saturated heterocycles. The summed E-state index contributed by atoms with van der Waals surface area (Å²) in [6.07, 6.45) is 0. The van der Waals surface area contributed by atoms with Crippen molar-refractivity contribution in [3.8, 4) is 0 Å². The van der Waals surface area contributed by atoms with Crippen LogP contribution < -0.4 is 5.32 Å². The molecule has 21 heavy (non-hydrogen) atoms. The third-order valence-corrected chi connectivity index (χ3v) is 3.29. The van der Waals surface area contributed by atoms with E-state index in [1.54, 1.807) is 7.05 Å². The van der Waals surface area contributed by atoms with E-state index in [2.05, 4.69) is 10.3 Å². The zero-order valence-electron chi connectivity index (χ0n) is 12.9. The van der Waals surface area contributed by atoms with Crippen molar-refractivity contribution in [2.24, 2.45) is 10.9 Å². The van der Waals surface area contributed by atoms with Crippen molar-refractivity contribution in [1.82, 2.24) is 10.2 Å². The lowest BCUT2D eigenvalue weighted by Gasteiger charge is -2.23. The summed E-state index contributed by atoms with van der Waals surface area (Å²) in [6.45, 7) is 2.95. The molecular weight excluding hydrogens is 290 g/mol. The number of nitrogens with zero attached hydrogens (tertiary/aromatic N) is 2. The van der Waals surface area contributed by atoms with Gasteiger partial charge < -0.3 is 15.0 Å². The van der Waals surface area contributed by atoms with Gasteiger partial charge in [0.1, 0.15) is 0 Å². The highest BCUT2D eigenvalue weighted by Gasteiger charge is 2.14. The Hall–Kier alpha value is -1.75. The number of rotatable bonds is 5. The van der Waals surface area contributed by atoms with Gasteiger partial charge in [0.15, 0.2) is 5.96 Å². The van der Waals surface area contributed by atoms with Crippen LogP contribution in [0.25, 0.3) is 0 Å². The Bertz CT molecular complexity index is 505. The monoisotopic (exact) mass is 311 g/mol. The normalized spacial score (nSPS) is 12.7. The number of halogens is 1. The van der Waals surface area contributed by atoms with Crippen LogP contribution >= 0.6 is 11.6 Å². The molecule has 5 nitrogen and oxygen atoms in total.